The number of rotatable bonds is 8. The Morgan fingerprint density at radius 2 is 1.72 bits per heavy atom. The maximum atomic E-state index is 13.0. The molecule has 11 heteroatoms. The Hall–Kier alpha value is -3.08. The second-order valence-electron chi connectivity index (χ2n) is 8.00. The summed E-state index contributed by atoms with van der Waals surface area (Å²) in [6, 6.07) is 5.50. The third-order valence-corrected chi connectivity index (χ3v) is 7.13. The molecule has 10 nitrogen and oxygen atoms in total. The molecule has 3 N–H and O–H groups in total. The van der Waals surface area contributed by atoms with Gasteiger partial charge in [0.1, 0.15) is 5.69 Å². The summed E-state index contributed by atoms with van der Waals surface area (Å²) in [7, 11) is -2.27. The van der Waals surface area contributed by atoms with Crippen molar-refractivity contribution < 1.29 is 23.1 Å². The number of benzene rings is 1. The lowest BCUT2D eigenvalue weighted by molar-refractivity contribution is -0.138. The van der Waals surface area contributed by atoms with Gasteiger partial charge in [-0.1, -0.05) is 19.3 Å². The van der Waals surface area contributed by atoms with Gasteiger partial charge in [-0.05, 0) is 44.0 Å². The van der Waals surface area contributed by atoms with Crippen molar-refractivity contribution >= 4 is 33.3 Å². The number of carbonyl (C=O) groups excluding carboxylic acids is 1. The summed E-state index contributed by atoms with van der Waals surface area (Å²) < 4.78 is 31.6. The van der Waals surface area contributed by atoms with Crippen molar-refractivity contribution in [3.63, 3.8) is 0 Å². The monoisotopic (exact) mass is 464 g/mol. The van der Waals surface area contributed by atoms with Crippen LogP contribution in [0.15, 0.2) is 34.0 Å². The van der Waals surface area contributed by atoms with Crippen LogP contribution in [-0.4, -0.2) is 34.8 Å². The van der Waals surface area contributed by atoms with E-state index in [1.807, 2.05) is 0 Å². The summed E-state index contributed by atoms with van der Waals surface area (Å²) in [5, 5.41) is 11.1. The Bertz CT molecular complexity index is 1160. The van der Waals surface area contributed by atoms with Crippen molar-refractivity contribution in [2.24, 2.45) is 7.05 Å². The molecule has 0 aliphatic heterocycles. The number of anilines is 2. The van der Waals surface area contributed by atoms with Crippen molar-refractivity contribution in [1.29, 1.82) is 0 Å². The predicted octanol–water partition coefficient (Wildman–Crippen LogP) is 2.60. The van der Waals surface area contributed by atoms with Crippen LogP contribution in [0.2, 0.25) is 0 Å². The molecule has 1 aromatic heterocycles. The van der Waals surface area contributed by atoms with Crippen LogP contribution >= 0.6 is 0 Å². The molecule has 1 heterocycles. The number of aliphatic carboxylic acids is 1. The van der Waals surface area contributed by atoms with Gasteiger partial charge in [-0.25, -0.2) is 13.1 Å². The van der Waals surface area contributed by atoms with Gasteiger partial charge in [-0.2, -0.15) is 0 Å². The van der Waals surface area contributed by atoms with E-state index in [0.29, 0.717) is 11.4 Å². The Kier molecular flexibility index (Phi) is 7.07. The first-order valence-corrected chi connectivity index (χ1v) is 12.0. The highest BCUT2D eigenvalue weighted by molar-refractivity contribution is 7.92. The first kappa shape index (κ1) is 23.6. The summed E-state index contributed by atoms with van der Waals surface area (Å²) in [4.78, 5) is 35.2. The smallest absolute Gasteiger partial charge is 0.303 e. The van der Waals surface area contributed by atoms with Gasteiger partial charge in [0.25, 0.3) is 15.6 Å². The molecular weight excluding hydrogens is 436 g/mol. The van der Waals surface area contributed by atoms with Gasteiger partial charge in [0.05, 0.1) is 23.1 Å². The van der Waals surface area contributed by atoms with Crippen molar-refractivity contribution in [1.82, 2.24) is 9.36 Å². The fourth-order valence-corrected chi connectivity index (χ4v) is 5.05. The number of carboxylic acid groups (broad SMARTS) is 1. The van der Waals surface area contributed by atoms with Crippen LogP contribution in [0.3, 0.4) is 0 Å². The lowest BCUT2D eigenvalue weighted by Crippen LogP contribution is -2.29. The summed E-state index contributed by atoms with van der Waals surface area (Å²) >= 11 is 0. The number of carbonyl (C=O) groups is 2. The molecular formula is C21H28N4O6S. The van der Waals surface area contributed by atoms with E-state index in [2.05, 4.69) is 10.0 Å². The average Bonchev–Trinajstić information content (AvgIpc) is 2.96. The van der Waals surface area contributed by atoms with Crippen LogP contribution in [0.4, 0.5) is 11.4 Å². The third kappa shape index (κ3) is 5.21. The highest BCUT2D eigenvalue weighted by Crippen LogP contribution is 2.28. The van der Waals surface area contributed by atoms with Gasteiger partial charge in [-0.3, -0.25) is 23.8 Å². The van der Waals surface area contributed by atoms with E-state index in [1.165, 1.54) is 24.3 Å². The number of aromatic nitrogens is 2. The molecule has 0 atom stereocenters. The molecule has 1 aliphatic rings. The first-order valence-electron chi connectivity index (χ1n) is 10.5. The van der Waals surface area contributed by atoms with Crippen LogP contribution in [0.25, 0.3) is 0 Å². The van der Waals surface area contributed by atoms with E-state index < -0.39 is 21.9 Å². The highest BCUT2D eigenvalue weighted by Gasteiger charge is 2.26. The summed E-state index contributed by atoms with van der Waals surface area (Å²) in [6.45, 7) is 1.70. The number of sulfonamides is 1. The van der Waals surface area contributed by atoms with E-state index in [1.54, 1.807) is 23.3 Å². The molecule has 0 bridgehead atoms. The lowest BCUT2D eigenvalue weighted by Gasteiger charge is -2.24. The van der Waals surface area contributed by atoms with Gasteiger partial charge < -0.3 is 10.4 Å². The van der Waals surface area contributed by atoms with Gasteiger partial charge in [0.15, 0.2) is 0 Å². The molecule has 174 valence electrons. The minimum Gasteiger partial charge on any atom is -0.481 e. The predicted molar refractivity (Wildman–Crippen MR) is 119 cm³/mol. The highest BCUT2D eigenvalue weighted by atomic mass is 32.2. The largest absolute Gasteiger partial charge is 0.481 e. The third-order valence-electron chi connectivity index (χ3n) is 5.76. The molecule has 1 amide bonds. The van der Waals surface area contributed by atoms with E-state index >= 15 is 0 Å². The maximum absolute atomic E-state index is 13.0. The Morgan fingerprint density at radius 3 is 2.31 bits per heavy atom. The first-order chi connectivity index (χ1) is 15.1. The Labute approximate surface area is 186 Å². The zero-order valence-electron chi connectivity index (χ0n) is 18.1. The molecule has 0 saturated heterocycles. The van der Waals surface area contributed by atoms with Crippen LogP contribution < -0.4 is 15.6 Å². The molecule has 1 saturated carbocycles. The van der Waals surface area contributed by atoms with Gasteiger partial charge in [0, 0.05) is 19.2 Å². The van der Waals surface area contributed by atoms with Crippen LogP contribution in [0.1, 0.15) is 56.7 Å². The molecule has 3 rings (SSSR count). The molecule has 1 fully saturated rings. The van der Waals surface area contributed by atoms with Gasteiger partial charge >= 0.3 is 5.97 Å². The zero-order valence-corrected chi connectivity index (χ0v) is 18.9. The minimum absolute atomic E-state index is 0.0316. The number of carboxylic acids is 1. The van der Waals surface area contributed by atoms with Crippen LogP contribution in [0.5, 0.6) is 0 Å². The molecule has 2 aromatic rings. The average molecular weight is 465 g/mol. The van der Waals surface area contributed by atoms with Crippen molar-refractivity contribution in [3.05, 3.63) is 40.3 Å². The van der Waals surface area contributed by atoms with E-state index in [0.717, 1.165) is 32.1 Å². The molecule has 0 spiro atoms. The molecule has 32 heavy (non-hydrogen) atoms. The number of nitrogens with zero attached hydrogens (tertiary/aromatic N) is 2. The van der Waals surface area contributed by atoms with E-state index in [-0.39, 0.29) is 35.0 Å². The van der Waals surface area contributed by atoms with Gasteiger partial charge in [-0.15, -0.1) is 0 Å². The fourth-order valence-electron chi connectivity index (χ4n) is 3.94. The van der Waals surface area contributed by atoms with Crippen molar-refractivity contribution in [2.75, 3.05) is 10.0 Å². The van der Waals surface area contributed by atoms with Gasteiger partial charge in [0.2, 0.25) is 5.91 Å². The van der Waals surface area contributed by atoms with E-state index in [9.17, 15) is 22.8 Å². The topological polar surface area (TPSA) is 140 Å². The second-order valence-corrected chi connectivity index (χ2v) is 9.68. The maximum Gasteiger partial charge on any atom is 0.303 e. The zero-order chi connectivity index (χ0) is 23.5. The summed E-state index contributed by atoms with van der Waals surface area (Å²) in [5.74, 6) is -1.56. The fraction of sp³-hybridized carbons (Fsp3) is 0.476. The van der Waals surface area contributed by atoms with Crippen molar-refractivity contribution in [2.45, 2.75) is 62.8 Å². The SMILES string of the molecule is Cc1c(NS(=O)(=O)c2ccc(NC(=O)CCC(=O)O)cc2)c(=O)n(C2CCCCC2)n1C. The van der Waals surface area contributed by atoms with E-state index in [4.69, 9.17) is 5.11 Å². The van der Waals surface area contributed by atoms with Crippen molar-refractivity contribution in [3.8, 4) is 0 Å². The number of amides is 1. The quantitative estimate of drug-likeness (QED) is 0.549. The number of hydrogen-bond donors (Lipinski definition) is 3. The minimum atomic E-state index is -4.03. The second kappa shape index (κ2) is 9.60. The summed E-state index contributed by atoms with van der Waals surface area (Å²) in [6.07, 6.45) is 4.54. The van der Waals surface area contributed by atoms with Crippen LogP contribution in [-0.2, 0) is 26.7 Å². The molecule has 1 aromatic carbocycles. The molecule has 0 unspecified atom stereocenters. The normalized spacial score (nSPS) is 14.8. The standard InChI is InChI=1S/C21H28N4O6S/c1-14-20(21(29)25(24(14)2)16-6-4-3-5-7-16)23-32(30,31)17-10-8-15(9-11-17)22-18(26)12-13-19(27)28/h8-11,16,23H,3-7,12-13H2,1-2H3,(H,22,26)(H,27,28). The van der Waals surface area contributed by atoms with Crippen LogP contribution in [0, 0.1) is 6.92 Å². The lowest BCUT2D eigenvalue weighted by atomic mass is 9.96. The summed E-state index contributed by atoms with van der Waals surface area (Å²) in [5.41, 5.74) is 0.549. The number of nitrogens with one attached hydrogen (secondary N) is 2. The molecule has 0 radical (unpaired) electrons. The Balaban J connectivity index is 1.77. The number of hydrogen-bond acceptors (Lipinski definition) is 5. The molecule has 1 aliphatic carbocycles. The Morgan fingerprint density at radius 1 is 1.09 bits per heavy atom.